The van der Waals surface area contributed by atoms with E-state index in [0.29, 0.717) is 36.5 Å². The molecule has 274 valence electrons. The Morgan fingerprint density at radius 3 is 1.56 bits per heavy atom. The first-order valence-electron chi connectivity index (χ1n) is 18.2. The zero-order valence-corrected chi connectivity index (χ0v) is 30.2. The van der Waals surface area contributed by atoms with Crippen molar-refractivity contribution in [2.75, 3.05) is 52.5 Å². The highest BCUT2D eigenvalue weighted by Gasteiger charge is 2.49. The third-order valence-electron chi connectivity index (χ3n) is 11.2. The van der Waals surface area contributed by atoms with Crippen molar-refractivity contribution >= 4 is 35.0 Å². The molecule has 2 aromatic carbocycles. The normalized spacial score (nSPS) is 23.2. The Labute approximate surface area is 308 Å². The van der Waals surface area contributed by atoms with Crippen LogP contribution < -0.4 is 5.73 Å². The average molecular weight is 728 g/mol. The fourth-order valence-corrected chi connectivity index (χ4v) is 8.21. The summed E-state index contributed by atoms with van der Waals surface area (Å²) >= 11 is 12.0. The summed E-state index contributed by atoms with van der Waals surface area (Å²) in [6.45, 7) is 6.37. The van der Waals surface area contributed by atoms with Crippen LogP contribution in [-0.4, -0.2) is 74.1 Å². The Morgan fingerprint density at radius 1 is 0.760 bits per heavy atom. The van der Waals surface area contributed by atoms with Crippen LogP contribution >= 0.6 is 23.2 Å². The highest BCUT2D eigenvalue weighted by molar-refractivity contribution is 6.30. The molecular formula is C39H56Cl2N6O3. The number of carbonyl (C=O) groups is 2. The Bertz CT molecular complexity index is 1410. The minimum absolute atomic E-state index is 0. The van der Waals surface area contributed by atoms with Gasteiger partial charge in [0.05, 0.1) is 10.8 Å². The summed E-state index contributed by atoms with van der Waals surface area (Å²) in [6, 6.07) is 15.5. The standard InChI is InChI=1S/C17H21ClN4O.C17H23ClN2O.C4H8O.CH4/c18-15-6-4-14(5-7-15)17(8-2-9-17)16(23)22-10-1-3-13(12-22)11-20-21-19;18-15-6-4-14(5-7-15)17(8-2-9-17)16(21)20-10-1-3-13(11-19)12-20;1-2-4-5-3-1;/h4-7,13H,1-3,8-12H2;4-7,13H,1-3,8-12,19H2;1-4H2;1H4/t2*13-;;/m00../s1. The molecule has 3 saturated heterocycles. The van der Waals surface area contributed by atoms with Crippen LogP contribution in [0.1, 0.15) is 95.6 Å². The first kappa shape index (κ1) is 40.0. The molecule has 11 heteroatoms. The summed E-state index contributed by atoms with van der Waals surface area (Å²) in [5.74, 6) is 1.28. The predicted octanol–water partition coefficient (Wildman–Crippen LogP) is 8.70. The van der Waals surface area contributed by atoms with E-state index in [0.717, 1.165) is 113 Å². The lowest BCUT2D eigenvalue weighted by molar-refractivity contribution is -0.143. The molecule has 2 amide bonds. The topological polar surface area (TPSA) is 125 Å². The number of nitrogens with zero attached hydrogens (tertiary/aromatic N) is 5. The van der Waals surface area contributed by atoms with Gasteiger partial charge in [0.2, 0.25) is 11.8 Å². The molecule has 0 bridgehead atoms. The minimum Gasteiger partial charge on any atom is -0.381 e. The van der Waals surface area contributed by atoms with Gasteiger partial charge in [0.1, 0.15) is 0 Å². The summed E-state index contributed by atoms with van der Waals surface area (Å²) < 4.78 is 4.94. The lowest BCUT2D eigenvalue weighted by atomic mass is 9.63. The quantitative estimate of drug-likeness (QED) is 0.174. The van der Waals surface area contributed by atoms with Gasteiger partial charge in [-0.05, 0) is 124 Å². The molecule has 2 aromatic rings. The van der Waals surface area contributed by atoms with Crippen LogP contribution in [0, 0.1) is 11.8 Å². The Balaban J connectivity index is 0.000000194. The van der Waals surface area contributed by atoms with Crippen molar-refractivity contribution in [1.82, 2.24) is 9.80 Å². The molecule has 3 aliphatic heterocycles. The molecule has 0 unspecified atom stereocenters. The van der Waals surface area contributed by atoms with Crippen molar-refractivity contribution in [2.24, 2.45) is 22.7 Å². The molecular weight excluding hydrogens is 671 g/mol. The number of rotatable bonds is 7. The van der Waals surface area contributed by atoms with E-state index in [-0.39, 0.29) is 30.1 Å². The SMILES string of the molecule is C.C1CCOC1.NC[C@@H]1CCCN(C(=O)C2(c3ccc(Cl)cc3)CCC2)C1.[N-]=[N+]=NC[C@@H]1CCCN(C(=O)C2(c3ccc(Cl)cc3)CCC2)C1. The summed E-state index contributed by atoms with van der Waals surface area (Å²) in [4.78, 5) is 33.2. The van der Waals surface area contributed by atoms with E-state index < -0.39 is 0 Å². The summed E-state index contributed by atoms with van der Waals surface area (Å²) in [6.07, 6.45) is 12.7. The molecule has 2 saturated carbocycles. The van der Waals surface area contributed by atoms with Gasteiger partial charge in [-0.15, -0.1) is 0 Å². The fraction of sp³-hybridized carbons (Fsp3) is 0.641. The maximum atomic E-state index is 13.2. The lowest BCUT2D eigenvalue weighted by Gasteiger charge is -2.46. The van der Waals surface area contributed by atoms with Crippen molar-refractivity contribution in [2.45, 2.75) is 95.3 Å². The smallest absolute Gasteiger partial charge is 0.233 e. The second-order valence-electron chi connectivity index (χ2n) is 14.4. The molecule has 2 atom stereocenters. The number of piperidine rings is 2. The van der Waals surface area contributed by atoms with Crippen LogP contribution in [-0.2, 0) is 25.2 Å². The van der Waals surface area contributed by atoms with E-state index in [2.05, 4.69) is 14.9 Å². The average Bonchev–Trinajstić information content (AvgIpc) is 3.69. The van der Waals surface area contributed by atoms with Crippen molar-refractivity contribution < 1.29 is 14.3 Å². The van der Waals surface area contributed by atoms with Crippen molar-refractivity contribution in [3.8, 4) is 0 Å². The number of hydrogen-bond acceptors (Lipinski definition) is 5. The lowest BCUT2D eigenvalue weighted by Crippen LogP contribution is -2.54. The van der Waals surface area contributed by atoms with E-state index in [1.54, 1.807) is 0 Å². The highest BCUT2D eigenvalue weighted by atomic mass is 35.5. The van der Waals surface area contributed by atoms with E-state index in [1.807, 2.05) is 53.4 Å². The van der Waals surface area contributed by atoms with Crippen molar-refractivity contribution in [1.29, 1.82) is 0 Å². The highest BCUT2D eigenvalue weighted by Crippen LogP contribution is 2.47. The van der Waals surface area contributed by atoms with Gasteiger partial charge in [0.25, 0.3) is 0 Å². The summed E-state index contributed by atoms with van der Waals surface area (Å²) in [5.41, 5.74) is 15.8. The molecule has 0 spiro atoms. The van der Waals surface area contributed by atoms with Crippen molar-refractivity contribution in [3.05, 3.63) is 80.1 Å². The molecule has 9 nitrogen and oxygen atoms in total. The number of carbonyl (C=O) groups excluding carboxylic acids is 2. The predicted molar refractivity (Wildman–Crippen MR) is 202 cm³/mol. The molecule has 50 heavy (non-hydrogen) atoms. The molecule has 2 N–H and O–H groups in total. The number of hydrogen-bond donors (Lipinski definition) is 1. The number of likely N-dealkylation sites (tertiary alicyclic amines) is 2. The van der Waals surface area contributed by atoms with Crippen LogP contribution in [0.2, 0.25) is 10.0 Å². The minimum atomic E-state index is -0.370. The molecule has 5 aliphatic rings. The van der Waals surface area contributed by atoms with E-state index in [4.69, 9.17) is 39.2 Å². The second kappa shape index (κ2) is 19.1. The van der Waals surface area contributed by atoms with Crippen LogP contribution in [0.3, 0.4) is 0 Å². The van der Waals surface area contributed by atoms with Crippen LogP contribution in [0.25, 0.3) is 10.4 Å². The van der Waals surface area contributed by atoms with Gasteiger partial charge >= 0.3 is 0 Å². The second-order valence-corrected chi connectivity index (χ2v) is 15.2. The largest absolute Gasteiger partial charge is 0.381 e. The third kappa shape index (κ3) is 9.54. The monoisotopic (exact) mass is 726 g/mol. The zero-order valence-electron chi connectivity index (χ0n) is 28.7. The third-order valence-corrected chi connectivity index (χ3v) is 11.7. The summed E-state index contributed by atoms with van der Waals surface area (Å²) in [5, 5.41) is 5.10. The Hall–Kier alpha value is -2.81. The van der Waals surface area contributed by atoms with E-state index in [1.165, 1.54) is 12.8 Å². The zero-order chi connectivity index (χ0) is 34.7. The number of amides is 2. The fourth-order valence-electron chi connectivity index (χ4n) is 7.96. The van der Waals surface area contributed by atoms with E-state index in [9.17, 15) is 9.59 Å². The molecule has 3 heterocycles. The van der Waals surface area contributed by atoms with Gasteiger partial charge in [-0.3, -0.25) is 9.59 Å². The van der Waals surface area contributed by atoms with Crippen LogP contribution in [0.5, 0.6) is 0 Å². The Morgan fingerprint density at radius 2 is 1.20 bits per heavy atom. The van der Waals surface area contributed by atoms with Gasteiger partial charge in [-0.1, -0.05) is 72.8 Å². The number of halogens is 2. The maximum absolute atomic E-state index is 13.2. The van der Waals surface area contributed by atoms with Gasteiger partial charge in [-0.25, -0.2) is 0 Å². The number of nitrogens with two attached hydrogens (primary N) is 1. The van der Waals surface area contributed by atoms with E-state index >= 15 is 0 Å². The molecule has 2 aliphatic carbocycles. The van der Waals surface area contributed by atoms with Gasteiger partial charge in [0.15, 0.2) is 0 Å². The van der Waals surface area contributed by atoms with Gasteiger partial charge in [0, 0.05) is 60.9 Å². The first-order valence-corrected chi connectivity index (χ1v) is 19.0. The maximum Gasteiger partial charge on any atom is 0.233 e. The number of azide groups is 1. The first-order chi connectivity index (χ1) is 23.8. The molecule has 0 aromatic heterocycles. The van der Waals surface area contributed by atoms with Gasteiger partial charge < -0.3 is 20.3 Å². The molecule has 7 rings (SSSR count). The van der Waals surface area contributed by atoms with Crippen LogP contribution in [0.15, 0.2) is 53.6 Å². The van der Waals surface area contributed by atoms with Crippen molar-refractivity contribution in [3.63, 3.8) is 0 Å². The number of ether oxygens (including phenoxy) is 1. The summed E-state index contributed by atoms with van der Waals surface area (Å²) in [7, 11) is 0. The van der Waals surface area contributed by atoms with Gasteiger partial charge in [-0.2, -0.15) is 0 Å². The van der Waals surface area contributed by atoms with Crippen LogP contribution in [0.4, 0.5) is 0 Å². The Kier molecular flexibility index (Phi) is 15.3. The molecule has 5 fully saturated rings. The number of benzene rings is 2. The molecule has 0 radical (unpaired) electrons.